The maximum absolute atomic E-state index is 13.8. The van der Waals surface area contributed by atoms with Gasteiger partial charge in [-0.1, -0.05) is 61.0 Å². The van der Waals surface area contributed by atoms with Crippen LogP contribution in [-0.2, 0) is 32.1 Å². The monoisotopic (exact) mass is 504 g/mol. The summed E-state index contributed by atoms with van der Waals surface area (Å²) in [5.41, 5.74) is 1.79. The zero-order chi connectivity index (χ0) is 26.3. The number of fused-ring (bicyclic) bond motifs is 1. The minimum absolute atomic E-state index is 0.0298. The van der Waals surface area contributed by atoms with Gasteiger partial charge in [-0.25, -0.2) is 0 Å². The number of para-hydroxylation sites is 1. The molecule has 2 aliphatic rings. The van der Waals surface area contributed by atoms with Gasteiger partial charge < -0.3 is 19.7 Å². The molecule has 1 saturated heterocycles. The lowest BCUT2D eigenvalue weighted by molar-refractivity contribution is -0.160. The van der Waals surface area contributed by atoms with E-state index in [1.54, 1.807) is 12.0 Å². The number of methoxy groups -OCH3 is 2. The Morgan fingerprint density at radius 3 is 2.57 bits per heavy atom. The quantitative estimate of drug-likeness (QED) is 0.512. The highest BCUT2D eigenvalue weighted by Crippen LogP contribution is 2.49. The summed E-state index contributed by atoms with van der Waals surface area (Å²) in [6, 6.07) is 17.5. The van der Waals surface area contributed by atoms with Crippen LogP contribution in [0.4, 0.5) is 0 Å². The van der Waals surface area contributed by atoms with E-state index in [2.05, 4.69) is 5.32 Å². The highest BCUT2D eigenvalue weighted by atomic mass is 16.5. The van der Waals surface area contributed by atoms with Crippen LogP contribution in [0, 0.1) is 11.3 Å². The molecule has 2 aromatic rings. The normalized spacial score (nSPS) is 21.4. The largest absolute Gasteiger partial charge is 0.496 e. The highest BCUT2D eigenvalue weighted by molar-refractivity contribution is 5.92. The van der Waals surface area contributed by atoms with Crippen molar-refractivity contribution in [1.82, 2.24) is 10.2 Å². The lowest BCUT2D eigenvalue weighted by Gasteiger charge is -2.46. The second kappa shape index (κ2) is 12.1. The molecule has 0 aromatic heterocycles. The summed E-state index contributed by atoms with van der Waals surface area (Å²) in [5, 5.41) is 2.96. The van der Waals surface area contributed by atoms with Gasteiger partial charge in [-0.2, -0.15) is 0 Å². The molecule has 0 spiro atoms. The molecule has 1 aliphatic heterocycles. The van der Waals surface area contributed by atoms with Gasteiger partial charge in [0.2, 0.25) is 11.8 Å². The Bertz CT molecular complexity index is 1150. The zero-order valence-electron chi connectivity index (χ0n) is 21.7. The number of likely N-dealkylation sites (tertiary alicyclic amines) is 1. The smallest absolute Gasteiger partial charge is 0.317 e. The Kier molecular flexibility index (Phi) is 8.64. The molecule has 1 fully saturated rings. The van der Waals surface area contributed by atoms with Crippen LogP contribution in [0.1, 0.15) is 49.7 Å². The number of carbonyl (C=O) groups is 3. The predicted molar refractivity (Wildman–Crippen MR) is 140 cm³/mol. The van der Waals surface area contributed by atoms with Crippen LogP contribution in [0.3, 0.4) is 0 Å². The van der Waals surface area contributed by atoms with Crippen molar-refractivity contribution in [2.45, 2.75) is 51.5 Å². The Labute approximate surface area is 218 Å². The first-order chi connectivity index (χ1) is 18.0. The SMILES string of the molecule is COC(=O)[C@]12CCCCC=C1N(Cc1ccccc1)C(=O)[C@H](CC(=O)NCCc1ccccc1OC)C2. The average Bonchev–Trinajstić information content (AvgIpc) is 3.14. The molecule has 37 heavy (non-hydrogen) atoms. The molecule has 4 rings (SSSR count). The predicted octanol–water partition coefficient (Wildman–Crippen LogP) is 4.41. The van der Waals surface area contributed by atoms with Gasteiger partial charge >= 0.3 is 5.97 Å². The van der Waals surface area contributed by atoms with Crippen molar-refractivity contribution in [3.8, 4) is 5.75 Å². The molecule has 1 aliphatic carbocycles. The van der Waals surface area contributed by atoms with Gasteiger partial charge in [0.1, 0.15) is 11.2 Å². The van der Waals surface area contributed by atoms with Gasteiger partial charge in [0.05, 0.1) is 20.8 Å². The van der Waals surface area contributed by atoms with E-state index >= 15 is 0 Å². The fourth-order valence-corrected chi connectivity index (χ4v) is 5.67. The third-order valence-electron chi connectivity index (χ3n) is 7.49. The number of hydrogen-bond donors (Lipinski definition) is 1. The van der Waals surface area contributed by atoms with Crippen LogP contribution < -0.4 is 10.1 Å². The van der Waals surface area contributed by atoms with Crippen molar-refractivity contribution in [3.05, 3.63) is 77.5 Å². The number of allylic oxidation sites excluding steroid dienone is 1. The van der Waals surface area contributed by atoms with Gasteiger partial charge in [-0.05, 0) is 49.3 Å². The molecule has 1 N–H and O–H groups in total. The zero-order valence-corrected chi connectivity index (χ0v) is 21.7. The van der Waals surface area contributed by atoms with Crippen LogP contribution in [-0.4, -0.2) is 43.4 Å². The molecule has 0 bridgehead atoms. The highest BCUT2D eigenvalue weighted by Gasteiger charge is 2.53. The van der Waals surface area contributed by atoms with Gasteiger partial charge in [0.15, 0.2) is 0 Å². The average molecular weight is 505 g/mol. The van der Waals surface area contributed by atoms with Crippen molar-refractivity contribution in [3.63, 3.8) is 0 Å². The Balaban J connectivity index is 1.53. The van der Waals surface area contributed by atoms with Crippen molar-refractivity contribution in [2.75, 3.05) is 20.8 Å². The number of carbonyl (C=O) groups excluding carboxylic acids is 3. The lowest BCUT2D eigenvalue weighted by atomic mass is 9.69. The molecule has 2 aromatic carbocycles. The fraction of sp³-hybridized carbons (Fsp3) is 0.433. The van der Waals surface area contributed by atoms with E-state index in [9.17, 15) is 14.4 Å². The van der Waals surface area contributed by atoms with Gasteiger partial charge in [0.25, 0.3) is 0 Å². The topological polar surface area (TPSA) is 84.9 Å². The first-order valence-electron chi connectivity index (χ1n) is 13.0. The minimum Gasteiger partial charge on any atom is -0.496 e. The number of amides is 2. The number of nitrogens with one attached hydrogen (secondary N) is 1. The first kappa shape index (κ1) is 26.5. The number of hydrogen-bond acceptors (Lipinski definition) is 5. The number of rotatable bonds is 9. The number of esters is 1. The number of nitrogens with zero attached hydrogens (tertiary/aromatic N) is 1. The van der Waals surface area contributed by atoms with E-state index in [1.165, 1.54) is 7.11 Å². The van der Waals surface area contributed by atoms with E-state index in [4.69, 9.17) is 9.47 Å². The van der Waals surface area contributed by atoms with Gasteiger partial charge in [0, 0.05) is 24.6 Å². The summed E-state index contributed by atoms with van der Waals surface area (Å²) in [5.74, 6) is -0.467. The molecule has 7 heteroatoms. The maximum Gasteiger partial charge on any atom is 0.317 e. The Hall–Kier alpha value is -3.61. The summed E-state index contributed by atoms with van der Waals surface area (Å²) in [6.07, 6.45) is 6.19. The van der Waals surface area contributed by atoms with Crippen LogP contribution in [0.25, 0.3) is 0 Å². The van der Waals surface area contributed by atoms with Crippen LogP contribution in [0.5, 0.6) is 5.75 Å². The minimum atomic E-state index is -0.920. The van der Waals surface area contributed by atoms with Crippen LogP contribution in [0.2, 0.25) is 0 Å². The van der Waals surface area contributed by atoms with E-state index in [0.29, 0.717) is 25.9 Å². The summed E-state index contributed by atoms with van der Waals surface area (Å²) in [7, 11) is 3.03. The van der Waals surface area contributed by atoms with Crippen molar-refractivity contribution in [2.24, 2.45) is 11.3 Å². The third-order valence-corrected chi connectivity index (χ3v) is 7.49. The maximum atomic E-state index is 13.8. The van der Waals surface area contributed by atoms with Gasteiger partial charge in [-0.15, -0.1) is 0 Å². The molecule has 196 valence electrons. The number of ether oxygens (including phenoxy) is 2. The number of piperidine rings is 1. The fourth-order valence-electron chi connectivity index (χ4n) is 5.67. The Morgan fingerprint density at radius 1 is 1.05 bits per heavy atom. The first-order valence-corrected chi connectivity index (χ1v) is 13.0. The molecule has 2 atom stereocenters. The van der Waals surface area contributed by atoms with E-state index < -0.39 is 11.3 Å². The molecule has 2 amide bonds. The molecule has 0 unspecified atom stereocenters. The Morgan fingerprint density at radius 2 is 1.81 bits per heavy atom. The number of benzene rings is 2. The summed E-state index contributed by atoms with van der Waals surface area (Å²) >= 11 is 0. The van der Waals surface area contributed by atoms with Crippen LogP contribution >= 0.6 is 0 Å². The lowest BCUT2D eigenvalue weighted by Crippen LogP contribution is -2.53. The molecule has 1 heterocycles. The summed E-state index contributed by atoms with van der Waals surface area (Å²) in [4.78, 5) is 41.8. The molecular formula is C30H36N2O5. The van der Waals surface area contributed by atoms with Gasteiger partial charge in [-0.3, -0.25) is 14.4 Å². The molecular weight excluding hydrogens is 468 g/mol. The molecule has 7 nitrogen and oxygen atoms in total. The third kappa shape index (κ3) is 5.87. The van der Waals surface area contributed by atoms with E-state index in [1.807, 2.05) is 60.7 Å². The molecule has 0 radical (unpaired) electrons. The standard InChI is InChI=1S/C30H36N2O5/c1-36-25-14-9-8-13-23(25)16-18-31-27(33)19-24-20-30(29(35)37-2)17-10-4-7-15-26(30)32(28(24)34)21-22-11-5-3-6-12-22/h3,5-6,8-9,11-15,24H,4,7,10,16-21H2,1-2H3,(H,31,33)/t24-,30+/m1/s1. The second-order valence-electron chi connectivity index (χ2n) is 9.84. The summed E-state index contributed by atoms with van der Waals surface area (Å²) in [6.45, 7) is 0.789. The summed E-state index contributed by atoms with van der Waals surface area (Å²) < 4.78 is 10.7. The van der Waals surface area contributed by atoms with E-state index in [0.717, 1.165) is 41.8 Å². The van der Waals surface area contributed by atoms with Crippen molar-refractivity contribution in [1.29, 1.82) is 0 Å². The van der Waals surface area contributed by atoms with Crippen LogP contribution in [0.15, 0.2) is 66.4 Å². The van der Waals surface area contributed by atoms with Crippen molar-refractivity contribution >= 4 is 17.8 Å². The second-order valence-corrected chi connectivity index (χ2v) is 9.84. The van der Waals surface area contributed by atoms with Crippen molar-refractivity contribution < 1.29 is 23.9 Å². The van der Waals surface area contributed by atoms with E-state index in [-0.39, 0.29) is 30.6 Å². The molecule has 0 saturated carbocycles.